The van der Waals surface area contributed by atoms with Crippen LogP contribution in [0.15, 0.2) is 24.3 Å². The fourth-order valence-electron chi connectivity index (χ4n) is 1.17. The third-order valence-electron chi connectivity index (χ3n) is 1.93. The molecule has 0 spiro atoms. The largest absolute Gasteiger partial charge is 0.481 e. The Hall–Kier alpha value is -1.82. The van der Waals surface area contributed by atoms with Crippen molar-refractivity contribution in [2.45, 2.75) is 19.3 Å². The maximum absolute atomic E-state index is 10.3. The van der Waals surface area contributed by atoms with Gasteiger partial charge < -0.3 is 5.11 Å². The lowest BCUT2D eigenvalue weighted by Gasteiger charge is -1.99. The van der Waals surface area contributed by atoms with Crippen LogP contribution in [0.1, 0.15) is 17.5 Å². The van der Waals surface area contributed by atoms with Crippen LogP contribution in [0.25, 0.3) is 0 Å². The highest BCUT2D eigenvalue weighted by molar-refractivity contribution is 5.67. The van der Waals surface area contributed by atoms with Crippen LogP contribution in [-0.4, -0.2) is 11.1 Å². The molecule has 0 aliphatic heterocycles. The van der Waals surface area contributed by atoms with Gasteiger partial charge in [-0.05, 0) is 17.5 Å². The molecule has 0 amide bonds. The quantitative estimate of drug-likeness (QED) is 0.785. The molecule has 3 heteroatoms. The highest BCUT2D eigenvalue weighted by Gasteiger charge is 1.98. The maximum Gasteiger partial charge on any atom is 0.303 e. The minimum Gasteiger partial charge on any atom is -0.481 e. The first kappa shape index (κ1) is 10.3. The van der Waals surface area contributed by atoms with Crippen LogP contribution in [0.3, 0.4) is 0 Å². The van der Waals surface area contributed by atoms with Gasteiger partial charge >= 0.3 is 5.97 Å². The van der Waals surface area contributed by atoms with Crippen LogP contribution in [0.5, 0.6) is 0 Å². The number of carbonyl (C=O) groups is 1. The van der Waals surface area contributed by atoms with Crippen molar-refractivity contribution in [3.63, 3.8) is 0 Å². The van der Waals surface area contributed by atoms with Gasteiger partial charge in [0, 0.05) is 6.42 Å². The van der Waals surface area contributed by atoms with Gasteiger partial charge in [0.2, 0.25) is 0 Å². The third-order valence-corrected chi connectivity index (χ3v) is 1.93. The fourth-order valence-corrected chi connectivity index (χ4v) is 1.17. The number of carboxylic acid groups (broad SMARTS) is 1. The molecule has 14 heavy (non-hydrogen) atoms. The van der Waals surface area contributed by atoms with Gasteiger partial charge in [0.25, 0.3) is 0 Å². The average molecular weight is 189 g/mol. The molecular formula is C11H11NO2. The van der Waals surface area contributed by atoms with Gasteiger partial charge in [0.1, 0.15) is 0 Å². The summed E-state index contributed by atoms with van der Waals surface area (Å²) >= 11 is 0. The Labute approximate surface area is 82.6 Å². The first-order valence-electron chi connectivity index (χ1n) is 4.39. The summed E-state index contributed by atoms with van der Waals surface area (Å²) in [5, 5.41) is 16.9. The van der Waals surface area contributed by atoms with Crippen LogP contribution < -0.4 is 0 Å². The van der Waals surface area contributed by atoms with Crippen LogP contribution in [0.4, 0.5) is 0 Å². The minimum atomic E-state index is -0.786. The van der Waals surface area contributed by atoms with Gasteiger partial charge in [-0.3, -0.25) is 4.79 Å². The molecule has 0 aliphatic rings. The van der Waals surface area contributed by atoms with E-state index in [1.54, 1.807) is 0 Å². The highest BCUT2D eigenvalue weighted by atomic mass is 16.4. The van der Waals surface area contributed by atoms with E-state index in [-0.39, 0.29) is 6.42 Å². The Morgan fingerprint density at radius 2 is 1.86 bits per heavy atom. The van der Waals surface area contributed by atoms with Gasteiger partial charge in [-0.1, -0.05) is 24.3 Å². The predicted octanol–water partition coefficient (Wildman–Crippen LogP) is 1.77. The third kappa shape index (κ3) is 3.28. The van der Waals surface area contributed by atoms with E-state index in [2.05, 4.69) is 6.07 Å². The van der Waals surface area contributed by atoms with Gasteiger partial charge in [0.05, 0.1) is 12.5 Å². The molecule has 0 unspecified atom stereocenters. The molecule has 0 fully saturated rings. The SMILES string of the molecule is N#CCc1ccc(CCC(=O)O)cc1. The number of hydrogen-bond acceptors (Lipinski definition) is 2. The van der Waals surface area contributed by atoms with E-state index < -0.39 is 5.97 Å². The molecule has 1 rings (SSSR count). The summed E-state index contributed by atoms with van der Waals surface area (Å²) in [6, 6.07) is 9.52. The molecule has 0 aliphatic carbocycles. The van der Waals surface area contributed by atoms with E-state index in [0.29, 0.717) is 12.8 Å². The molecule has 1 aromatic carbocycles. The molecule has 0 heterocycles. The second-order valence-corrected chi connectivity index (χ2v) is 3.05. The molecule has 1 aromatic rings. The summed E-state index contributed by atoms with van der Waals surface area (Å²) in [4.78, 5) is 10.3. The Morgan fingerprint density at radius 1 is 1.29 bits per heavy atom. The van der Waals surface area contributed by atoms with Crippen LogP contribution in [0, 0.1) is 11.3 Å². The minimum absolute atomic E-state index is 0.150. The summed E-state index contributed by atoms with van der Waals surface area (Å²) in [6.45, 7) is 0. The number of carboxylic acids is 1. The van der Waals surface area contributed by atoms with Crippen molar-refractivity contribution in [3.8, 4) is 6.07 Å². The monoisotopic (exact) mass is 189 g/mol. The molecule has 0 aromatic heterocycles. The van der Waals surface area contributed by atoms with E-state index in [1.807, 2.05) is 24.3 Å². The molecular weight excluding hydrogens is 178 g/mol. The predicted molar refractivity (Wildman–Crippen MR) is 51.7 cm³/mol. The first-order chi connectivity index (χ1) is 6.72. The summed E-state index contributed by atoms with van der Waals surface area (Å²) in [6.07, 6.45) is 1.10. The highest BCUT2D eigenvalue weighted by Crippen LogP contribution is 2.07. The van der Waals surface area contributed by atoms with Crippen LogP contribution in [-0.2, 0) is 17.6 Å². The standard InChI is InChI=1S/C11H11NO2/c12-8-7-10-3-1-9(2-4-10)5-6-11(13)14/h1-4H,5-7H2,(H,13,14). The fraction of sp³-hybridized carbons (Fsp3) is 0.273. The summed E-state index contributed by atoms with van der Waals surface area (Å²) in [5.41, 5.74) is 1.96. The van der Waals surface area contributed by atoms with Crippen molar-refractivity contribution in [2.24, 2.45) is 0 Å². The number of aliphatic carboxylic acids is 1. The molecule has 0 saturated heterocycles. The Morgan fingerprint density at radius 3 is 2.36 bits per heavy atom. The lowest BCUT2D eigenvalue weighted by atomic mass is 10.1. The van der Waals surface area contributed by atoms with E-state index in [1.165, 1.54) is 0 Å². The van der Waals surface area contributed by atoms with Gasteiger partial charge in [-0.25, -0.2) is 0 Å². The Balaban J connectivity index is 2.56. The van der Waals surface area contributed by atoms with Crippen molar-refractivity contribution < 1.29 is 9.90 Å². The molecule has 0 radical (unpaired) electrons. The smallest absolute Gasteiger partial charge is 0.303 e. The van der Waals surface area contributed by atoms with Crippen LogP contribution >= 0.6 is 0 Å². The zero-order valence-electron chi connectivity index (χ0n) is 7.73. The van der Waals surface area contributed by atoms with Crippen LogP contribution in [0.2, 0.25) is 0 Å². The van der Waals surface area contributed by atoms with Crippen molar-refractivity contribution in [1.82, 2.24) is 0 Å². The number of aryl methyl sites for hydroxylation is 1. The average Bonchev–Trinajstić information content (AvgIpc) is 2.17. The van der Waals surface area contributed by atoms with E-state index in [0.717, 1.165) is 11.1 Å². The van der Waals surface area contributed by atoms with Gasteiger partial charge in [-0.15, -0.1) is 0 Å². The molecule has 3 nitrogen and oxygen atoms in total. The lowest BCUT2D eigenvalue weighted by molar-refractivity contribution is -0.136. The topological polar surface area (TPSA) is 61.1 Å². The van der Waals surface area contributed by atoms with Crippen molar-refractivity contribution >= 4 is 5.97 Å². The lowest BCUT2D eigenvalue weighted by Crippen LogP contribution is -1.97. The normalized spacial score (nSPS) is 9.36. The first-order valence-corrected chi connectivity index (χ1v) is 4.39. The van der Waals surface area contributed by atoms with Gasteiger partial charge in [0.15, 0.2) is 0 Å². The number of nitrogens with zero attached hydrogens (tertiary/aromatic N) is 1. The number of rotatable bonds is 4. The van der Waals surface area contributed by atoms with Crippen molar-refractivity contribution in [3.05, 3.63) is 35.4 Å². The van der Waals surface area contributed by atoms with E-state index >= 15 is 0 Å². The molecule has 1 N–H and O–H groups in total. The molecule has 0 bridgehead atoms. The zero-order chi connectivity index (χ0) is 10.4. The summed E-state index contributed by atoms with van der Waals surface area (Å²) in [7, 11) is 0. The molecule has 0 saturated carbocycles. The van der Waals surface area contributed by atoms with Crippen molar-refractivity contribution in [2.75, 3.05) is 0 Å². The van der Waals surface area contributed by atoms with Crippen molar-refractivity contribution in [1.29, 1.82) is 5.26 Å². The Kier molecular flexibility index (Phi) is 3.69. The zero-order valence-corrected chi connectivity index (χ0v) is 7.73. The Bertz CT molecular complexity index is 349. The van der Waals surface area contributed by atoms with E-state index in [4.69, 9.17) is 10.4 Å². The second kappa shape index (κ2) is 5.03. The molecule has 72 valence electrons. The summed E-state index contributed by atoms with van der Waals surface area (Å²) in [5.74, 6) is -0.786. The number of benzene rings is 1. The van der Waals surface area contributed by atoms with E-state index in [9.17, 15) is 4.79 Å². The number of hydrogen-bond donors (Lipinski definition) is 1. The van der Waals surface area contributed by atoms with Gasteiger partial charge in [-0.2, -0.15) is 5.26 Å². The maximum atomic E-state index is 10.3. The molecule has 0 atom stereocenters. The second-order valence-electron chi connectivity index (χ2n) is 3.05. The number of nitriles is 1. The summed E-state index contributed by atoms with van der Waals surface area (Å²) < 4.78 is 0.